The van der Waals surface area contributed by atoms with E-state index in [0.29, 0.717) is 0 Å². The largest absolute Gasteiger partial charge is 0.389 e. The van der Waals surface area contributed by atoms with Gasteiger partial charge in [0, 0.05) is 18.0 Å². The molecule has 3 aliphatic rings. The highest BCUT2D eigenvalue weighted by molar-refractivity contribution is 5.70. The molecule has 0 aromatic heterocycles. The van der Waals surface area contributed by atoms with Crippen LogP contribution in [0, 0.1) is 0 Å². The zero-order chi connectivity index (χ0) is 7.26. The van der Waals surface area contributed by atoms with E-state index in [2.05, 4.69) is 5.16 Å². The first-order valence-electron chi connectivity index (χ1n) is 3.46. The van der Waals surface area contributed by atoms with Crippen LogP contribution in [0.5, 0.6) is 0 Å². The van der Waals surface area contributed by atoms with Crippen LogP contribution in [0.4, 0.5) is 0 Å². The number of rotatable bonds is 0. The van der Waals surface area contributed by atoms with Gasteiger partial charge in [-0.15, -0.1) is 0 Å². The standard InChI is InChI=1S/C8H6N2O/c1-3-10-4-2-7(10)8-6(1)5-11-9-8/h1-5,9H. The zero-order valence-electron chi connectivity index (χ0n) is 5.74. The number of aromatic amines is 1. The number of aromatic nitrogens is 2. The molecule has 3 nitrogen and oxygen atoms in total. The normalized spacial score (nSPS) is 11.6. The van der Waals surface area contributed by atoms with Crippen LogP contribution < -0.4 is 0 Å². The van der Waals surface area contributed by atoms with Gasteiger partial charge in [-0.25, -0.2) is 5.16 Å². The van der Waals surface area contributed by atoms with Gasteiger partial charge in [0.05, 0.1) is 5.69 Å². The van der Waals surface area contributed by atoms with Gasteiger partial charge in [0.2, 0.25) is 0 Å². The smallest absolute Gasteiger partial charge is 0.128 e. The summed E-state index contributed by atoms with van der Waals surface area (Å²) in [6, 6.07) is 4.07. The van der Waals surface area contributed by atoms with E-state index in [1.54, 1.807) is 6.26 Å². The summed E-state index contributed by atoms with van der Waals surface area (Å²) < 4.78 is 7.01. The minimum absolute atomic E-state index is 1.06. The Kier molecular flexibility index (Phi) is 0.692. The maximum absolute atomic E-state index is 4.96. The lowest BCUT2D eigenvalue weighted by atomic mass is 10.1. The van der Waals surface area contributed by atoms with Crippen molar-refractivity contribution in [3.8, 4) is 16.9 Å². The molecule has 0 bridgehead atoms. The first-order chi connectivity index (χ1) is 5.45. The Bertz CT molecular complexity index is 420. The maximum atomic E-state index is 4.96. The third kappa shape index (κ3) is 0.487. The summed E-state index contributed by atoms with van der Waals surface area (Å²) in [6.45, 7) is 0. The van der Waals surface area contributed by atoms with Crippen molar-refractivity contribution >= 4 is 0 Å². The molecule has 0 saturated carbocycles. The SMILES string of the molecule is c1cn2ccc-2c2[nH]occ1-2. The van der Waals surface area contributed by atoms with Crippen molar-refractivity contribution in [2.45, 2.75) is 0 Å². The van der Waals surface area contributed by atoms with Crippen molar-refractivity contribution in [1.82, 2.24) is 9.72 Å². The Morgan fingerprint density at radius 1 is 1.27 bits per heavy atom. The van der Waals surface area contributed by atoms with Gasteiger partial charge in [0.25, 0.3) is 0 Å². The molecule has 0 aromatic rings. The van der Waals surface area contributed by atoms with Crippen molar-refractivity contribution in [2.75, 3.05) is 0 Å². The number of hydrogen-bond donors (Lipinski definition) is 1. The summed E-state index contributed by atoms with van der Waals surface area (Å²) >= 11 is 0. The number of hydrogen-bond acceptors (Lipinski definition) is 1. The van der Waals surface area contributed by atoms with E-state index in [9.17, 15) is 0 Å². The van der Waals surface area contributed by atoms with E-state index in [0.717, 1.165) is 11.3 Å². The third-order valence-electron chi connectivity index (χ3n) is 1.98. The third-order valence-corrected chi connectivity index (χ3v) is 1.98. The predicted octanol–water partition coefficient (Wildman–Crippen LogP) is 1.94. The highest BCUT2D eigenvalue weighted by atomic mass is 16.5. The van der Waals surface area contributed by atoms with E-state index >= 15 is 0 Å². The molecule has 3 heterocycles. The second-order valence-electron chi connectivity index (χ2n) is 2.59. The summed E-state index contributed by atoms with van der Waals surface area (Å²) in [6.07, 6.45) is 5.74. The molecule has 11 heavy (non-hydrogen) atoms. The van der Waals surface area contributed by atoms with Crippen LogP contribution in [0.15, 0.2) is 35.3 Å². The van der Waals surface area contributed by atoms with Gasteiger partial charge in [0.15, 0.2) is 0 Å². The van der Waals surface area contributed by atoms with Crippen molar-refractivity contribution in [3.05, 3.63) is 30.8 Å². The second kappa shape index (κ2) is 1.50. The van der Waals surface area contributed by atoms with Gasteiger partial charge < -0.3 is 9.09 Å². The molecule has 0 spiro atoms. The average molecular weight is 146 g/mol. The minimum Gasteiger partial charge on any atom is -0.389 e. The summed E-state index contributed by atoms with van der Waals surface area (Å²) in [5.41, 5.74) is 3.35. The molecule has 1 N–H and O–H groups in total. The van der Waals surface area contributed by atoms with Crippen LogP contribution in [-0.2, 0) is 0 Å². The molecule has 0 radical (unpaired) electrons. The van der Waals surface area contributed by atoms with E-state index in [1.165, 1.54) is 5.69 Å². The fourth-order valence-electron chi connectivity index (χ4n) is 1.33. The summed E-state index contributed by atoms with van der Waals surface area (Å²) in [5.74, 6) is 0. The summed E-state index contributed by atoms with van der Waals surface area (Å²) in [7, 11) is 0. The van der Waals surface area contributed by atoms with E-state index in [-0.39, 0.29) is 0 Å². The van der Waals surface area contributed by atoms with Crippen molar-refractivity contribution < 1.29 is 4.52 Å². The van der Waals surface area contributed by atoms with Crippen molar-refractivity contribution in [1.29, 1.82) is 0 Å². The Hall–Kier alpha value is -1.64. The Morgan fingerprint density at radius 2 is 2.18 bits per heavy atom. The lowest BCUT2D eigenvalue weighted by molar-refractivity contribution is 0.424. The molecular formula is C8H6N2O. The maximum Gasteiger partial charge on any atom is 0.128 e. The predicted molar refractivity (Wildman–Crippen MR) is 40.2 cm³/mol. The van der Waals surface area contributed by atoms with Gasteiger partial charge in [-0.3, -0.25) is 0 Å². The molecule has 0 saturated heterocycles. The fourth-order valence-corrected chi connectivity index (χ4v) is 1.33. The summed E-state index contributed by atoms with van der Waals surface area (Å²) in [5, 5.41) is 2.83. The van der Waals surface area contributed by atoms with Gasteiger partial charge >= 0.3 is 0 Å². The van der Waals surface area contributed by atoms with Crippen LogP contribution in [0.1, 0.15) is 0 Å². The average Bonchev–Trinajstić information content (AvgIpc) is 2.34. The Morgan fingerprint density at radius 3 is 3.00 bits per heavy atom. The Balaban J connectivity index is 2.50. The Labute approximate surface area is 62.9 Å². The van der Waals surface area contributed by atoms with Gasteiger partial charge in [-0.1, -0.05) is 0 Å². The molecule has 3 heteroatoms. The molecule has 0 aromatic carbocycles. The van der Waals surface area contributed by atoms with Crippen molar-refractivity contribution in [2.24, 2.45) is 0 Å². The molecule has 3 aliphatic heterocycles. The lowest BCUT2D eigenvalue weighted by Gasteiger charge is -2.15. The van der Waals surface area contributed by atoms with Crippen molar-refractivity contribution in [3.63, 3.8) is 0 Å². The summed E-state index contributed by atoms with van der Waals surface area (Å²) in [4.78, 5) is 0. The zero-order valence-corrected chi connectivity index (χ0v) is 5.74. The van der Waals surface area contributed by atoms with Crippen LogP contribution in [0.3, 0.4) is 0 Å². The molecule has 54 valence electrons. The number of nitrogens with zero attached hydrogens (tertiary/aromatic N) is 1. The minimum atomic E-state index is 1.06. The van der Waals surface area contributed by atoms with Crippen LogP contribution in [0.25, 0.3) is 16.9 Å². The first-order valence-corrected chi connectivity index (χ1v) is 3.46. The highest BCUT2D eigenvalue weighted by Gasteiger charge is 2.13. The van der Waals surface area contributed by atoms with E-state index in [1.807, 2.05) is 29.1 Å². The van der Waals surface area contributed by atoms with Gasteiger partial charge in [-0.2, -0.15) is 0 Å². The van der Waals surface area contributed by atoms with Crippen LogP contribution in [-0.4, -0.2) is 9.72 Å². The number of nitrogens with one attached hydrogen (secondary N) is 1. The fraction of sp³-hybridized carbons (Fsp3) is 0. The second-order valence-corrected chi connectivity index (χ2v) is 2.59. The van der Waals surface area contributed by atoms with Crippen LogP contribution >= 0.6 is 0 Å². The topological polar surface area (TPSA) is 33.9 Å². The van der Waals surface area contributed by atoms with E-state index in [4.69, 9.17) is 4.52 Å². The van der Waals surface area contributed by atoms with E-state index < -0.39 is 0 Å². The number of fused-ring (bicyclic) bond motifs is 3. The monoisotopic (exact) mass is 146 g/mol. The van der Waals surface area contributed by atoms with Gasteiger partial charge in [0.1, 0.15) is 12.0 Å². The molecule has 3 rings (SSSR count). The molecule has 0 fully saturated rings. The molecule has 0 atom stereocenters. The number of H-pyrrole nitrogens is 1. The first kappa shape index (κ1) is 5.07. The molecule has 0 aliphatic carbocycles. The molecular weight excluding hydrogens is 140 g/mol. The number of pyridine rings is 1. The van der Waals surface area contributed by atoms with Crippen LogP contribution in [0.2, 0.25) is 0 Å². The molecule has 0 amide bonds. The van der Waals surface area contributed by atoms with Gasteiger partial charge in [-0.05, 0) is 12.1 Å². The lowest BCUT2D eigenvalue weighted by Crippen LogP contribution is -2.03. The highest BCUT2D eigenvalue weighted by Crippen LogP contribution is 2.29. The molecule has 0 unspecified atom stereocenters. The quantitative estimate of drug-likeness (QED) is 0.516.